The van der Waals surface area contributed by atoms with Gasteiger partial charge < -0.3 is 15.6 Å². The Labute approximate surface area is 197 Å². The smallest absolute Gasteiger partial charge is 0.268 e. The van der Waals surface area contributed by atoms with Crippen LogP contribution in [0.4, 0.5) is 5.69 Å². The molecule has 0 bridgehead atoms. The molecule has 2 N–H and O–H groups in total. The molecule has 5 rings (SSSR count). The van der Waals surface area contributed by atoms with Crippen LogP contribution in [0.3, 0.4) is 0 Å². The van der Waals surface area contributed by atoms with Gasteiger partial charge in [-0.15, -0.1) is 11.3 Å². The van der Waals surface area contributed by atoms with E-state index in [9.17, 15) is 4.79 Å². The second-order valence-corrected chi connectivity index (χ2v) is 10.1. The molecule has 2 aromatic heterocycles. The second kappa shape index (κ2) is 8.77. The fourth-order valence-electron chi connectivity index (χ4n) is 4.10. The lowest BCUT2D eigenvalue weighted by Crippen LogP contribution is -2.36. The summed E-state index contributed by atoms with van der Waals surface area (Å²) in [5.41, 5.74) is 4.15. The first-order valence-corrected chi connectivity index (χ1v) is 12.2. The third-order valence-electron chi connectivity index (χ3n) is 5.96. The molecule has 0 saturated heterocycles. The predicted octanol–water partition coefficient (Wildman–Crippen LogP) is 5.56. The van der Waals surface area contributed by atoms with Gasteiger partial charge in [-0.05, 0) is 67.6 Å². The summed E-state index contributed by atoms with van der Waals surface area (Å²) in [6, 6.07) is 14.5. The standard InChI is InChI=1S/C25H25ClN4OS/c1-15(29-19-6-7-19)12-21(27)22-9-8-20(14-28-22)30-11-10-17-13-23(32-24(17)25(30)31)16-2-4-18(26)5-3-16/h2-5,8-9,13-15,19,27,29H,6-7,10-12H2,1H3/t15-/m1/s1. The van der Waals surface area contributed by atoms with E-state index < -0.39 is 0 Å². The Morgan fingerprint density at radius 3 is 2.75 bits per heavy atom. The van der Waals surface area contributed by atoms with E-state index in [1.54, 1.807) is 11.1 Å². The van der Waals surface area contributed by atoms with Crippen LogP contribution in [0.2, 0.25) is 5.02 Å². The summed E-state index contributed by atoms with van der Waals surface area (Å²) in [6.07, 6.45) is 5.66. The zero-order valence-corrected chi connectivity index (χ0v) is 19.5. The lowest BCUT2D eigenvalue weighted by molar-refractivity contribution is 0.0985. The Hall–Kier alpha value is -2.54. The van der Waals surface area contributed by atoms with Gasteiger partial charge >= 0.3 is 0 Å². The second-order valence-electron chi connectivity index (χ2n) is 8.61. The molecule has 1 aliphatic carbocycles. The number of carbonyl (C=O) groups excluding carboxylic acids is 1. The molecule has 2 aliphatic rings. The van der Waals surface area contributed by atoms with Gasteiger partial charge in [-0.1, -0.05) is 23.7 Å². The highest BCUT2D eigenvalue weighted by molar-refractivity contribution is 7.17. The minimum atomic E-state index is 0.0170. The molecule has 0 radical (unpaired) electrons. The van der Waals surface area contributed by atoms with Crippen LogP contribution in [-0.2, 0) is 6.42 Å². The minimum absolute atomic E-state index is 0.0170. The number of pyridine rings is 1. The number of halogens is 1. The maximum atomic E-state index is 13.2. The van der Waals surface area contributed by atoms with Crippen molar-refractivity contribution in [3.8, 4) is 10.4 Å². The largest absolute Gasteiger partial charge is 0.311 e. The highest BCUT2D eigenvalue weighted by atomic mass is 35.5. The number of benzene rings is 1. The van der Waals surface area contributed by atoms with Crippen molar-refractivity contribution in [1.82, 2.24) is 10.3 Å². The number of rotatable bonds is 7. The number of nitrogens with one attached hydrogen (secondary N) is 2. The van der Waals surface area contributed by atoms with Crippen molar-refractivity contribution < 1.29 is 4.79 Å². The molecule has 1 saturated carbocycles. The number of fused-ring (bicyclic) bond motifs is 1. The summed E-state index contributed by atoms with van der Waals surface area (Å²) in [6.45, 7) is 2.74. The van der Waals surface area contributed by atoms with Gasteiger partial charge in [0.15, 0.2) is 0 Å². The van der Waals surface area contributed by atoms with E-state index in [-0.39, 0.29) is 11.9 Å². The Kier molecular flexibility index (Phi) is 5.84. The van der Waals surface area contributed by atoms with Crippen LogP contribution in [0.5, 0.6) is 0 Å². The summed E-state index contributed by atoms with van der Waals surface area (Å²) >= 11 is 7.54. The van der Waals surface area contributed by atoms with Crippen molar-refractivity contribution in [3.05, 3.63) is 69.8 Å². The number of hydrogen-bond acceptors (Lipinski definition) is 5. The number of carbonyl (C=O) groups is 1. The number of thiophene rings is 1. The normalized spacial score (nSPS) is 16.7. The van der Waals surface area contributed by atoms with E-state index in [0.717, 1.165) is 33.0 Å². The third-order valence-corrected chi connectivity index (χ3v) is 7.42. The monoisotopic (exact) mass is 464 g/mol. The highest BCUT2D eigenvalue weighted by Crippen LogP contribution is 2.36. The van der Waals surface area contributed by atoms with Crippen LogP contribution in [0, 0.1) is 5.41 Å². The van der Waals surface area contributed by atoms with Gasteiger partial charge in [0.25, 0.3) is 5.91 Å². The first-order valence-electron chi connectivity index (χ1n) is 11.0. The molecule has 1 aromatic carbocycles. The van der Waals surface area contributed by atoms with Crippen LogP contribution >= 0.6 is 22.9 Å². The van der Waals surface area contributed by atoms with Gasteiger partial charge in [0, 0.05) is 34.9 Å². The maximum absolute atomic E-state index is 13.2. The number of aromatic nitrogens is 1. The van der Waals surface area contributed by atoms with E-state index in [4.69, 9.17) is 17.0 Å². The lowest BCUT2D eigenvalue weighted by atomic mass is 10.1. The van der Waals surface area contributed by atoms with E-state index in [2.05, 4.69) is 23.3 Å². The molecule has 0 spiro atoms. The zero-order chi connectivity index (χ0) is 22.2. The number of nitrogens with zero attached hydrogens (tertiary/aromatic N) is 2. The molecular weight excluding hydrogens is 440 g/mol. The first kappa shape index (κ1) is 21.3. The summed E-state index contributed by atoms with van der Waals surface area (Å²) in [5, 5.41) is 12.6. The molecule has 5 nitrogen and oxygen atoms in total. The Balaban J connectivity index is 1.29. The van der Waals surface area contributed by atoms with Crippen molar-refractivity contribution in [1.29, 1.82) is 5.41 Å². The minimum Gasteiger partial charge on any atom is -0.311 e. The van der Waals surface area contributed by atoms with Crippen molar-refractivity contribution in [2.45, 2.75) is 44.7 Å². The van der Waals surface area contributed by atoms with Crippen LogP contribution < -0.4 is 10.2 Å². The molecule has 1 atom stereocenters. The van der Waals surface area contributed by atoms with E-state index in [0.29, 0.717) is 35.4 Å². The van der Waals surface area contributed by atoms with Gasteiger partial charge in [0.05, 0.1) is 28.2 Å². The molecule has 1 aliphatic heterocycles. The molecule has 7 heteroatoms. The topological polar surface area (TPSA) is 69.1 Å². The maximum Gasteiger partial charge on any atom is 0.268 e. The third kappa shape index (κ3) is 4.49. The van der Waals surface area contributed by atoms with Crippen molar-refractivity contribution in [2.75, 3.05) is 11.4 Å². The van der Waals surface area contributed by atoms with E-state index >= 15 is 0 Å². The fourth-order valence-corrected chi connectivity index (χ4v) is 5.39. The van der Waals surface area contributed by atoms with Crippen molar-refractivity contribution in [3.63, 3.8) is 0 Å². The van der Waals surface area contributed by atoms with E-state index in [1.165, 1.54) is 24.2 Å². The Morgan fingerprint density at radius 1 is 1.28 bits per heavy atom. The molecule has 3 aromatic rings. The van der Waals surface area contributed by atoms with Gasteiger partial charge in [0.2, 0.25) is 0 Å². The van der Waals surface area contributed by atoms with Gasteiger partial charge in [-0.3, -0.25) is 9.78 Å². The number of hydrogen-bond donors (Lipinski definition) is 2. The molecule has 164 valence electrons. The highest BCUT2D eigenvalue weighted by Gasteiger charge is 2.29. The molecule has 32 heavy (non-hydrogen) atoms. The Bertz CT molecular complexity index is 1150. The van der Waals surface area contributed by atoms with Crippen LogP contribution in [0.1, 0.15) is 47.1 Å². The SMILES string of the molecule is C[C@H](CC(=N)c1ccc(N2CCc3cc(-c4ccc(Cl)cc4)sc3C2=O)cn1)NC1CC1. The molecular formula is C25H25ClN4OS. The summed E-state index contributed by atoms with van der Waals surface area (Å²) in [4.78, 5) is 21.4. The van der Waals surface area contributed by atoms with Gasteiger partial charge in [-0.25, -0.2) is 0 Å². The summed E-state index contributed by atoms with van der Waals surface area (Å²) in [5.74, 6) is 0.0170. The average Bonchev–Trinajstić information content (AvgIpc) is 3.49. The summed E-state index contributed by atoms with van der Waals surface area (Å²) in [7, 11) is 0. The summed E-state index contributed by atoms with van der Waals surface area (Å²) < 4.78 is 0. The predicted molar refractivity (Wildman–Crippen MR) is 131 cm³/mol. The van der Waals surface area contributed by atoms with Gasteiger partial charge in [-0.2, -0.15) is 0 Å². The molecule has 3 heterocycles. The number of amides is 1. The van der Waals surface area contributed by atoms with E-state index in [1.807, 2.05) is 36.4 Å². The fraction of sp³-hybridized carbons (Fsp3) is 0.320. The van der Waals surface area contributed by atoms with Crippen molar-refractivity contribution >= 4 is 40.2 Å². The van der Waals surface area contributed by atoms with Crippen LogP contribution in [0.15, 0.2) is 48.7 Å². The zero-order valence-electron chi connectivity index (χ0n) is 17.9. The molecule has 1 fully saturated rings. The van der Waals surface area contributed by atoms with Gasteiger partial charge in [0.1, 0.15) is 0 Å². The Morgan fingerprint density at radius 2 is 2.06 bits per heavy atom. The quantitative estimate of drug-likeness (QED) is 0.449. The van der Waals surface area contributed by atoms with Crippen molar-refractivity contribution in [2.24, 2.45) is 0 Å². The number of anilines is 1. The molecule has 0 unspecified atom stereocenters. The van der Waals surface area contributed by atoms with Crippen LogP contribution in [-0.4, -0.2) is 35.2 Å². The lowest BCUT2D eigenvalue weighted by Gasteiger charge is -2.26. The first-order chi connectivity index (χ1) is 15.5. The average molecular weight is 465 g/mol. The van der Waals surface area contributed by atoms with Crippen LogP contribution in [0.25, 0.3) is 10.4 Å². The molecule has 1 amide bonds.